The van der Waals surface area contributed by atoms with Crippen molar-refractivity contribution in [1.29, 1.82) is 0 Å². The molecule has 0 aliphatic carbocycles. The van der Waals surface area contributed by atoms with Crippen LogP contribution < -0.4 is 10.1 Å². The number of imidazole rings is 1. The Morgan fingerprint density at radius 1 is 1.30 bits per heavy atom. The summed E-state index contributed by atoms with van der Waals surface area (Å²) in [7, 11) is 1.52. The van der Waals surface area contributed by atoms with Gasteiger partial charge < -0.3 is 15.2 Å². The van der Waals surface area contributed by atoms with Gasteiger partial charge in [0, 0.05) is 10.2 Å². The molecule has 0 spiro atoms. The first-order chi connectivity index (χ1) is 13.1. The van der Waals surface area contributed by atoms with E-state index in [0.29, 0.717) is 17.3 Å². The molecule has 1 aromatic heterocycles. The second-order valence-corrected chi connectivity index (χ2v) is 8.00. The highest BCUT2D eigenvalue weighted by atomic mass is 79.9. The Labute approximate surface area is 168 Å². The summed E-state index contributed by atoms with van der Waals surface area (Å²) < 4.78 is 8.22. The molecule has 2 N–H and O–H groups in total. The number of fused-ring (bicyclic) bond motifs is 1. The van der Waals surface area contributed by atoms with Crippen molar-refractivity contribution >= 4 is 39.4 Å². The molecular weight excluding hydrogens is 430 g/mol. The molecule has 8 heteroatoms. The number of phenolic OH excluding ortho intramolecular Hbond substituents is 1. The third-order valence-corrected chi connectivity index (χ3v) is 6.09. The van der Waals surface area contributed by atoms with E-state index in [1.807, 2.05) is 34.9 Å². The van der Waals surface area contributed by atoms with Crippen molar-refractivity contribution in [3.63, 3.8) is 0 Å². The van der Waals surface area contributed by atoms with Crippen LogP contribution in [-0.4, -0.2) is 33.4 Å². The molecule has 4 rings (SSSR count). The Morgan fingerprint density at radius 3 is 2.81 bits per heavy atom. The zero-order chi connectivity index (χ0) is 19.0. The Kier molecular flexibility index (Phi) is 4.84. The first-order valence-corrected chi connectivity index (χ1v) is 10.0. The van der Waals surface area contributed by atoms with Crippen LogP contribution in [0, 0.1) is 0 Å². The molecule has 1 aliphatic heterocycles. The topological polar surface area (TPSA) is 76.4 Å². The number of carbonyl (C=O) groups is 1. The predicted molar refractivity (Wildman–Crippen MR) is 109 cm³/mol. The van der Waals surface area contributed by atoms with Gasteiger partial charge in [-0.25, -0.2) is 4.98 Å². The molecule has 3 aromatic rings. The number of benzene rings is 2. The number of carbonyl (C=O) groups excluding carboxylic acids is 1. The number of halogens is 1. The number of hydrogen-bond acceptors (Lipinski definition) is 5. The number of aromatic hydroxyl groups is 1. The minimum absolute atomic E-state index is 0.0794. The average molecular weight is 446 g/mol. The third-order valence-electron chi connectivity index (χ3n) is 4.30. The maximum atomic E-state index is 12.1. The van der Waals surface area contributed by atoms with E-state index >= 15 is 0 Å². The number of rotatable bonds is 3. The summed E-state index contributed by atoms with van der Waals surface area (Å²) in [6, 6.07) is 13.1. The Hall–Kier alpha value is -2.45. The molecule has 2 heterocycles. The molecule has 0 saturated heterocycles. The number of amides is 1. The number of methoxy groups -OCH3 is 1. The van der Waals surface area contributed by atoms with Crippen LogP contribution in [0.3, 0.4) is 0 Å². The summed E-state index contributed by atoms with van der Waals surface area (Å²) in [6.45, 7) is 0. The lowest BCUT2D eigenvalue weighted by molar-refractivity contribution is -0.113. The fourth-order valence-electron chi connectivity index (χ4n) is 3.03. The van der Waals surface area contributed by atoms with Gasteiger partial charge in [0.25, 0.3) is 0 Å². The minimum Gasteiger partial charge on any atom is -0.504 e. The van der Waals surface area contributed by atoms with Gasteiger partial charge in [0.2, 0.25) is 5.91 Å². The van der Waals surface area contributed by atoms with Gasteiger partial charge in [-0.15, -0.1) is 11.8 Å². The van der Waals surface area contributed by atoms with E-state index in [2.05, 4.69) is 26.2 Å². The minimum atomic E-state index is -0.153. The second-order valence-electron chi connectivity index (χ2n) is 6.00. The number of nitrogens with zero attached hydrogens (tertiary/aromatic N) is 2. The number of phenols is 1. The first-order valence-electron chi connectivity index (χ1n) is 8.18. The molecule has 0 unspecified atom stereocenters. The van der Waals surface area contributed by atoms with Crippen molar-refractivity contribution in [1.82, 2.24) is 9.55 Å². The molecule has 1 aliphatic rings. The summed E-state index contributed by atoms with van der Waals surface area (Å²) in [5.74, 6) is 1.24. The van der Waals surface area contributed by atoms with Crippen LogP contribution in [0.5, 0.6) is 11.5 Å². The maximum Gasteiger partial charge on any atom is 0.235 e. The molecule has 138 valence electrons. The van der Waals surface area contributed by atoms with Gasteiger partial charge in [-0.2, -0.15) is 0 Å². The fourth-order valence-corrected chi connectivity index (χ4v) is 4.41. The molecule has 0 bridgehead atoms. The number of ether oxygens (including phenoxy) is 1. The molecule has 0 saturated carbocycles. The van der Waals surface area contributed by atoms with E-state index in [-0.39, 0.29) is 16.9 Å². The van der Waals surface area contributed by atoms with Crippen LogP contribution in [0.1, 0.15) is 16.5 Å². The Morgan fingerprint density at radius 2 is 2.07 bits per heavy atom. The van der Waals surface area contributed by atoms with Gasteiger partial charge in [-0.1, -0.05) is 22.0 Å². The van der Waals surface area contributed by atoms with E-state index < -0.39 is 0 Å². The molecule has 6 nitrogen and oxygen atoms in total. The molecular formula is C19H16BrN3O3S. The molecule has 27 heavy (non-hydrogen) atoms. The molecule has 0 fully saturated rings. The van der Waals surface area contributed by atoms with E-state index in [1.165, 1.54) is 18.9 Å². The first kappa shape index (κ1) is 17.9. The van der Waals surface area contributed by atoms with Crippen LogP contribution in [0.15, 0.2) is 53.3 Å². The smallest absolute Gasteiger partial charge is 0.235 e. The normalized spacial score (nSPS) is 16.4. The van der Waals surface area contributed by atoms with Crippen molar-refractivity contribution in [2.45, 2.75) is 5.25 Å². The molecule has 1 amide bonds. The molecule has 0 radical (unpaired) electrons. The highest BCUT2D eigenvalue weighted by molar-refractivity contribution is 9.10. The Balaban J connectivity index is 1.87. The van der Waals surface area contributed by atoms with Crippen LogP contribution in [-0.2, 0) is 4.79 Å². The van der Waals surface area contributed by atoms with Gasteiger partial charge >= 0.3 is 0 Å². The van der Waals surface area contributed by atoms with E-state index in [4.69, 9.17) is 4.74 Å². The lowest BCUT2D eigenvalue weighted by atomic mass is 10.1. The van der Waals surface area contributed by atoms with Gasteiger partial charge in [0.15, 0.2) is 17.3 Å². The van der Waals surface area contributed by atoms with Crippen molar-refractivity contribution < 1.29 is 14.6 Å². The standard InChI is InChI=1S/C19H16BrN3O3S/c1-26-15-8-11(2-7-14(15)24)18-17-19(22-16(25)9-27-18)21-10-23(17)13-5-3-12(20)4-6-13/h2-8,10,18,24H,9H2,1H3,(H,22,25)/t18-/m1/s1. The SMILES string of the molecule is COc1cc([C@H]2SCC(=O)Nc3ncn(-c4ccc(Br)cc4)c32)ccc1O. The average Bonchev–Trinajstić information content (AvgIpc) is 2.99. The van der Waals surface area contributed by atoms with Gasteiger partial charge in [0.1, 0.15) is 6.33 Å². The van der Waals surface area contributed by atoms with Crippen molar-refractivity contribution in [2.24, 2.45) is 0 Å². The largest absolute Gasteiger partial charge is 0.504 e. The summed E-state index contributed by atoms with van der Waals surface area (Å²) >= 11 is 4.96. The quantitative estimate of drug-likeness (QED) is 0.633. The third kappa shape index (κ3) is 3.42. The van der Waals surface area contributed by atoms with E-state index in [0.717, 1.165) is 21.4 Å². The Bertz CT molecular complexity index is 1000. The lowest BCUT2D eigenvalue weighted by Crippen LogP contribution is -2.12. The highest BCUT2D eigenvalue weighted by Gasteiger charge is 2.29. The number of nitrogens with one attached hydrogen (secondary N) is 1. The van der Waals surface area contributed by atoms with Gasteiger partial charge in [0.05, 0.1) is 23.8 Å². The zero-order valence-corrected chi connectivity index (χ0v) is 16.8. The van der Waals surface area contributed by atoms with Crippen LogP contribution in [0.4, 0.5) is 5.82 Å². The van der Waals surface area contributed by atoms with E-state index in [9.17, 15) is 9.90 Å². The van der Waals surface area contributed by atoms with Crippen LogP contribution in [0.25, 0.3) is 5.69 Å². The van der Waals surface area contributed by atoms with E-state index in [1.54, 1.807) is 18.5 Å². The number of hydrogen-bond donors (Lipinski definition) is 2. The van der Waals surface area contributed by atoms with Gasteiger partial charge in [-0.05, 0) is 42.0 Å². The van der Waals surface area contributed by atoms with Gasteiger partial charge in [-0.3, -0.25) is 9.36 Å². The second kappa shape index (κ2) is 7.28. The predicted octanol–water partition coefficient (Wildman–Crippen LogP) is 4.12. The molecule has 1 atom stereocenters. The fraction of sp³-hybridized carbons (Fsp3) is 0.158. The number of anilines is 1. The molecule has 2 aromatic carbocycles. The zero-order valence-electron chi connectivity index (χ0n) is 14.3. The van der Waals surface area contributed by atoms with Crippen molar-refractivity contribution in [3.05, 3.63) is 64.5 Å². The van der Waals surface area contributed by atoms with Crippen molar-refractivity contribution in [3.8, 4) is 17.2 Å². The number of thioether (sulfide) groups is 1. The highest BCUT2D eigenvalue weighted by Crippen LogP contribution is 2.44. The maximum absolute atomic E-state index is 12.1. The van der Waals surface area contributed by atoms with Crippen LogP contribution >= 0.6 is 27.7 Å². The summed E-state index contributed by atoms with van der Waals surface area (Å²) in [5, 5.41) is 12.7. The summed E-state index contributed by atoms with van der Waals surface area (Å²) in [5.41, 5.74) is 2.74. The summed E-state index contributed by atoms with van der Waals surface area (Å²) in [4.78, 5) is 16.6. The lowest BCUT2D eigenvalue weighted by Gasteiger charge is -2.19. The monoisotopic (exact) mass is 445 g/mol. The van der Waals surface area contributed by atoms with Crippen molar-refractivity contribution in [2.75, 3.05) is 18.2 Å². The van der Waals surface area contributed by atoms with Crippen LogP contribution in [0.2, 0.25) is 0 Å². The summed E-state index contributed by atoms with van der Waals surface area (Å²) in [6.07, 6.45) is 1.71. The number of aromatic nitrogens is 2.